The summed E-state index contributed by atoms with van der Waals surface area (Å²) >= 11 is 0. The number of rotatable bonds is 2. The van der Waals surface area contributed by atoms with E-state index >= 15 is 0 Å². The second kappa shape index (κ2) is 4.88. The molecular weight excluding hydrogens is 268 g/mol. The number of hydrogen-bond donors (Lipinski definition) is 0. The summed E-state index contributed by atoms with van der Waals surface area (Å²) in [4.78, 5) is 0. The van der Waals surface area contributed by atoms with Crippen LogP contribution in [0.25, 0.3) is 32.7 Å². The molecule has 1 aromatic heterocycles. The van der Waals surface area contributed by atoms with E-state index in [-0.39, 0.29) is 0 Å². The van der Waals surface area contributed by atoms with E-state index in [9.17, 15) is 0 Å². The Hall–Kier alpha value is -2.28. The van der Waals surface area contributed by atoms with E-state index < -0.39 is 0 Å². The highest BCUT2D eigenvalue weighted by Crippen LogP contribution is 2.40. The Bertz CT molecular complexity index is 1000. The van der Waals surface area contributed by atoms with Crippen LogP contribution < -0.4 is 0 Å². The van der Waals surface area contributed by atoms with E-state index in [0.717, 1.165) is 24.0 Å². The lowest BCUT2D eigenvalue weighted by atomic mass is 9.93. The van der Waals surface area contributed by atoms with Crippen molar-refractivity contribution in [3.8, 4) is 0 Å². The molecule has 22 heavy (non-hydrogen) atoms. The van der Waals surface area contributed by atoms with Crippen molar-refractivity contribution >= 4 is 32.7 Å². The summed E-state index contributed by atoms with van der Waals surface area (Å²) in [6, 6.07) is 15.1. The molecule has 0 atom stereocenters. The van der Waals surface area contributed by atoms with Gasteiger partial charge in [0.1, 0.15) is 11.2 Å². The molecule has 0 fully saturated rings. The number of aryl methyl sites for hydroxylation is 3. The summed E-state index contributed by atoms with van der Waals surface area (Å²) in [6.07, 6.45) is 2.04. The molecule has 1 heteroatoms. The van der Waals surface area contributed by atoms with E-state index in [1.807, 2.05) is 0 Å². The molecular formula is C21H20O. The van der Waals surface area contributed by atoms with Gasteiger partial charge >= 0.3 is 0 Å². The number of fused-ring (bicyclic) bond motifs is 5. The van der Waals surface area contributed by atoms with Crippen LogP contribution in [-0.2, 0) is 12.8 Å². The van der Waals surface area contributed by atoms with Crippen LogP contribution in [0.2, 0.25) is 0 Å². The van der Waals surface area contributed by atoms with Gasteiger partial charge in [-0.1, -0.05) is 56.3 Å². The lowest BCUT2D eigenvalue weighted by Gasteiger charge is -2.10. The molecule has 0 radical (unpaired) electrons. The fraction of sp³-hybridized carbons (Fsp3) is 0.238. The summed E-state index contributed by atoms with van der Waals surface area (Å²) < 4.78 is 6.37. The predicted molar refractivity (Wildman–Crippen MR) is 94.7 cm³/mol. The second-order valence-electron chi connectivity index (χ2n) is 5.96. The Labute approximate surface area is 130 Å². The zero-order valence-electron chi connectivity index (χ0n) is 13.4. The quantitative estimate of drug-likeness (QED) is 0.429. The zero-order valence-corrected chi connectivity index (χ0v) is 13.4. The van der Waals surface area contributed by atoms with Crippen LogP contribution in [0.3, 0.4) is 0 Å². The van der Waals surface area contributed by atoms with Gasteiger partial charge in [0, 0.05) is 16.2 Å². The fourth-order valence-corrected chi connectivity index (χ4v) is 3.77. The molecule has 0 N–H and O–H groups in total. The fourth-order valence-electron chi connectivity index (χ4n) is 3.77. The number of para-hydroxylation sites is 1. The molecule has 0 aliphatic rings. The average Bonchev–Trinajstić information content (AvgIpc) is 2.95. The van der Waals surface area contributed by atoms with Crippen molar-refractivity contribution in [1.29, 1.82) is 0 Å². The molecule has 0 amide bonds. The Morgan fingerprint density at radius 2 is 1.50 bits per heavy atom. The molecule has 110 valence electrons. The first-order chi connectivity index (χ1) is 10.8. The highest BCUT2D eigenvalue weighted by Gasteiger charge is 2.17. The summed E-state index contributed by atoms with van der Waals surface area (Å²) in [6.45, 7) is 6.66. The van der Waals surface area contributed by atoms with Crippen LogP contribution in [0.4, 0.5) is 0 Å². The molecule has 1 heterocycles. The van der Waals surface area contributed by atoms with E-state index in [0.29, 0.717) is 0 Å². The van der Waals surface area contributed by atoms with Crippen LogP contribution in [0.15, 0.2) is 46.9 Å². The number of benzene rings is 3. The molecule has 0 aliphatic carbocycles. The van der Waals surface area contributed by atoms with Crippen molar-refractivity contribution in [2.45, 2.75) is 33.6 Å². The third-order valence-electron chi connectivity index (χ3n) is 4.86. The third kappa shape index (κ3) is 1.65. The van der Waals surface area contributed by atoms with Crippen molar-refractivity contribution < 1.29 is 4.42 Å². The summed E-state index contributed by atoms with van der Waals surface area (Å²) in [5, 5.41) is 5.11. The molecule has 0 bridgehead atoms. The monoisotopic (exact) mass is 288 g/mol. The van der Waals surface area contributed by atoms with Gasteiger partial charge < -0.3 is 4.42 Å². The minimum absolute atomic E-state index is 0.995. The molecule has 4 aromatic rings. The minimum atomic E-state index is 0.995. The normalized spacial score (nSPS) is 11.8. The largest absolute Gasteiger partial charge is 0.455 e. The first-order valence-electron chi connectivity index (χ1n) is 8.10. The minimum Gasteiger partial charge on any atom is -0.455 e. The molecule has 0 spiro atoms. The molecule has 3 aromatic carbocycles. The summed E-state index contributed by atoms with van der Waals surface area (Å²) in [5.41, 5.74) is 6.19. The standard InChI is InChI=1S/C21H20O/c1-4-14-9-8-12-18-19-13(3)15(5-2)16-10-6-7-11-17(16)21(19)22-20(14)18/h6-12H,4-5H2,1-3H3. The maximum Gasteiger partial charge on any atom is 0.143 e. The van der Waals surface area contributed by atoms with E-state index in [1.165, 1.54) is 38.2 Å². The van der Waals surface area contributed by atoms with Gasteiger partial charge in [-0.25, -0.2) is 0 Å². The maximum atomic E-state index is 6.37. The summed E-state index contributed by atoms with van der Waals surface area (Å²) in [7, 11) is 0. The van der Waals surface area contributed by atoms with Gasteiger partial charge in [0.05, 0.1) is 0 Å². The van der Waals surface area contributed by atoms with Crippen molar-refractivity contribution in [2.24, 2.45) is 0 Å². The van der Waals surface area contributed by atoms with Crippen LogP contribution in [0, 0.1) is 6.92 Å². The first kappa shape index (κ1) is 13.4. The molecule has 1 nitrogen and oxygen atoms in total. The highest BCUT2D eigenvalue weighted by atomic mass is 16.3. The van der Waals surface area contributed by atoms with Crippen molar-refractivity contribution in [1.82, 2.24) is 0 Å². The second-order valence-corrected chi connectivity index (χ2v) is 5.96. The molecule has 4 rings (SSSR count). The molecule has 0 saturated carbocycles. The Morgan fingerprint density at radius 1 is 0.773 bits per heavy atom. The number of hydrogen-bond acceptors (Lipinski definition) is 1. The lowest BCUT2D eigenvalue weighted by Crippen LogP contribution is -1.90. The van der Waals surface area contributed by atoms with Crippen LogP contribution in [0.5, 0.6) is 0 Å². The van der Waals surface area contributed by atoms with Crippen molar-refractivity contribution in [3.63, 3.8) is 0 Å². The van der Waals surface area contributed by atoms with Crippen LogP contribution in [-0.4, -0.2) is 0 Å². The van der Waals surface area contributed by atoms with Crippen molar-refractivity contribution in [3.05, 3.63) is 59.2 Å². The van der Waals surface area contributed by atoms with Gasteiger partial charge in [0.25, 0.3) is 0 Å². The topological polar surface area (TPSA) is 13.1 Å². The zero-order chi connectivity index (χ0) is 15.3. The molecule has 0 saturated heterocycles. The first-order valence-corrected chi connectivity index (χ1v) is 8.10. The smallest absolute Gasteiger partial charge is 0.143 e. The molecule has 0 unspecified atom stereocenters. The highest BCUT2D eigenvalue weighted by molar-refractivity contribution is 6.18. The van der Waals surface area contributed by atoms with E-state index in [1.54, 1.807) is 0 Å². The van der Waals surface area contributed by atoms with E-state index in [2.05, 4.69) is 63.2 Å². The van der Waals surface area contributed by atoms with Crippen LogP contribution in [0.1, 0.15) is 30.5 Å². The van der Waals surface area contributed by atoms with Gasteiger partial charge in [0.15, 0.2) is 0 Å². The van der Waals surface area contributed by atoms with Gasteiger partial charge in [0.2, 0.25) is 0 Å². The van der Waals surface area contributed by atoms with Gasteiger partial charge in [-0.15, -0.1) is 0 Å². The van der Waals surface area contributed by atoms with Gasteiger partial charge in [-0.05, 0) is 41.8 Å². The third-order valence-corrected chi connectivity index (χ3v) is 4.86. The lowest BCUT2D eigenvalue weighted by molar-refractivity contribution is 0.667. The Morgan fingerprint density at radius 3 is 2.23 bits per heavy atom. The predicted octanol–water partition coefficient (Wildman–Crippen LogP) is 6.17. The number of furan rings is 1. The molecule has 0 aliphatic heterocycles. The Kier molecular flexibility index (Phi) is 2.97. The SMILES string of the molecule is CCc1c(C)c2c3cccc(CC)c3oc2c2ccccc12. The van der Waals surface area contributed by atoms with Gasteiger partial charge in [-0.3, -0.25) is 0 Å². The van der Waals surface area contributed by atoms with Crippen LogP contribution >= 0.6 is 0 Å². The van der Waals surface area contributed by atoms with Crippen molar-refractivity contribution in [2.75, 3.05) is 0 Å². The summed E-state index contributed by atoms with van der Waals surface area (Å²) in [5.74, 6) is 0. The van der Waals surface area contributed by atoms with E-state index in [4.69, 9.17) is 4.42 Å². The van der Waals surface area contributed by atoms with Gasteiger partial charge in [-0.2, -0.15) is 0 Å². The maximum absolute atomic E-state index is 6.37. The Balaban J connectivity index is 2.33. The average molecular weight is 288 g/mol.